The monoisotopic (exact) mass is 266 g/mol. The molecular formula is C17H14OS. The standard InChI is InChI=1S/C17H14OS/c1-12-5-4-6-13(9-12)16(18)10-14-11-19-17-8-3-2-7-15(14)17/h2-9,11H,10H2,1H3. The van der Waals surface area contributed by atoms with E-state index in [0.717, 1.165) is 16.7 Å². The first-order valence-electron chi connectivity index (χ1n) is 6.29. The Labute approximate surface area is 116 Å². The van der Waals surface area contributed by atoms with Gasteiger partial charge in [0.05, 0.1) is 0 Å². The fourth-order valence-corrected chi connectivity index (χ4v) is 3.23. The molecule has 2 aromatic carbocycles. The summed E-state index contributed by atoms with van der Waals surface area (Å²) in [5, 5.41) is 3.30. The fourth-order valence-electron chi connectivity index (χ4n) is 2.26. The van der Waals surface area contributed by atoms with E-state index < -0.39 is 0 Å². The zero-order chi connectivity index (χ0) is 13.2. The Balaban J connectivity index is 1.91. The van der Waals surface area contributed by atoms with Crippen LogP contribution >= 0.6 is 11.3 Å². The Hall–Kier alpha value is -1.93. The van der Waals surface area contributed by atoms with Crippen molar-refractivity contribution in [2.45, 2.75) is 13.3 Å². The number of hydrogen-bond donors (Lipinski definition) is 0. The predicted molar refractivity (Wildman–Crippen MR) is 81.0 cm³/mol. The minimum absolute atomic E-state index is 0.187. The molecule has 0 fully saturated rings. The van der Waals surface area contributed by atoms with E-state index in [1.54, 1.807) is 11.3 Å². The highest BCUT2D eigenvalue weighted by Crippen LogP contribution is 2.26. The summed E-state index contributed by atoms with van der Waals surface area (Å²) < 4.78 is 1.24. The first-order valence-corrected chi connectivity index (χ1v) is 7.17. The first-order chi connectivity index (χ1) is 9.24. The van der Waals surface area contributed by atoms with Gasteiger partial charge >= 0.3 is 0 Å². The maximum atomic E-state index is 12.3. The van der Waals surface area contributed by atoms with Crippen molar-refractivity contribution in [3.05, 3.63) is 70.6 Å². The van der Waals surface area contributed by atoms with Crippen LogP contribution < -0.4 is 0 Å². The molecule has 2 heteroatoms. The number of Topliss-reactive ketones (excluding diaryl/α,β-unsaturated/α-hetero) is 1. The van der Waals surface area contributed by atoms with Gasteiger partial charge in [0.1, 0.15) is 0 Å². The van der Waals surface area contributed by atoms with Gasteiger partial charge in [-0.15, -0.1) is 11.3 Å². The Morgan fingerprint density at radius 3 is 2.79 bits per heavy atom. The molecule has 0 spiro atoms. The molecule has 0 unspecified atom stereocenters. The number of carbonyl (C=O) groups excluding carboxylic acids is 1. The lowest BCUT2D eigenvalue weighted by atomic mass is 10.0. The van der Waals surface area contributed by atoms with Crippen LogP contribution in [0.25, 0.3) is 10.1 Å². The number of fused-ring (bicyclic) bond motifs is 1. The van der Waals surface area contributed by atoms with Crippen molar-refractivity contribution in [3.63, 3.8) is 0 Å². The Morgan fingerprint density at radius 2 is 1.95 bits per heavy atom. The molecule has 19 heavy (non-hydrogen) atoms. The Kier molecular flexibility index (Phi) is 3.18. The normalized spacial score (nSPS) is 10.8. The zero-order valence-corrected chi connectivity index (χ0v) is 11.5. The lowest BCUT2D eigenvalue weighted by molar-refractivity contribution is 0.0993. The molecule has 1 heterocycles. The van der Waals surface area contributed by atoms with Crippen LogP contribution in [0.5, 0.6) is 0 Å². The van der Waals surface area contributed by atoms with Crippen molar-refractivity contribution in [1.29, 1.82) is 0 Å². The van der Waals surface area contributed by atoms with Crippen molar-refractivity contribution < 1.29 is 4.79 Å². The van der Waals surface area contributed by atoms with Gasteiger partial charge in [0.25, 0.3) is 0 Å². The molecule has 0 aliphatic rings. The summed E-state index contributed by atoms with van der Waals surface area (Å²) in [5.74, 6) is 0.187. The Morgan fingerprint density at radius 1 is 1.11 bits per heavy atom. The van der Waals surface area contributed by atoms with Crippen molar-refractivity contribution in [1.82, 2.24) is 0 Å². The summed E-state index contributed by atoms with van der Waals surface area (Å²) >= 11 is 1.70. The van der Waals surface area contributed by atoms with Gasteiger partial charge in [-0.1, -0.05) is 42.0 Å². The number of benzene rings is 2. The van der Waals surface area contributed by atoms with Gasteiger partial charge in [0.2, 0.25) is 0 Å². The third-order valence-corrected chi connectivity index (χ3v) is 4.26. The molecule has 0 radical (unpaired) electrons. The molecule has 0 saturated carbocycles. The number of aryl methyl sites for hydroxylation is 1. The van der Waals surface area contributed by atoms with Crippen LogP contribution in [0, 0.1) is 6.92 Å². The molecule has 0 saturated heterocycles. The third kappa shape index (κ3) is 2.45. The van der Waals surface area contributed by atoms with Crippen LogP contribution in [0.2, 0.25) is 0 Å². The van der Waals surface area contributed by atoms with Crippen LogP contribution in [-0.2, 0) is 6.42 Å². The SMILES string of the molecule is Cc1cccc(C(=O)Cc2csc3ccccc23)c1. The third-order valence-electron chi connectivity index (χ3n) is 3.25. The van der Waals surface area contributed by atoms with E-state index in [4.69, 9.17) is 0 Å². The maximum absolute atomic E-state index is 12.3. The van der Waals surface area contributed by atoms with Crippen molar-refractivity contribution >= 4 is 27.2 Å². The van der Waals surface area contributed by atoms with Crippen molar-refractivity contribution in [2.75, 3.05) is 0 Å². The van der Waals surface area contributed by atoms with Gasteiger partial charge in [0.15, 0.2) is 5.78 Å². The average Bonchev–Trinajstić information content (AvgIpc) is 2.82. The smallest absolute Gasteiger partial charge is 0.167 e. The van der Waals surface area contributed by atoms with Crippen molar-refractivity contribution in [3.8, 4) is 0 Å². The predicted octanol–water partition coefficient (Wildman–Crippen LogP) is 4.64. The van der Waals surface area contributed by atoms with Crippen LogP contribution in [0.15, 0.2) is 53.9 Å². The minimum Gasteiger partial charge on any atom is -0.294 e. The molecular weight excluding hydrogens is 252 g/mol. The average molecular weight is 266 g/mol. The molecule has 0 aliphatic heterocycles. The molecule has 0 amide bonds. The molecule has 0 aliphatic carbocycles. The zero-order valence-electron chi connectivity index (χ0n) is 10.7. The highest BCUT2D eigenvalue weighted by molar-refractivity contribution is 7.17. The van der Waals surface area contributed by atoms with E-state index in [1.165, 1.54) is 10.1 Å². The van der Waals surface area contributed by atoms with E-state index in [0.29, 0.717) is 6.42 Å². The fraction of sp³-hybridized carbons (Fsp3) is 0.118. The van der Waals surface area contributed by atoms with Crippen molar-refractivity contribution in [2.24, 2.45) is 0 Å². The highest BCUT2D eigenvalue weighted by Gasteiger charge is 2.10. The Bertz CT molecular complexity index is 740. The molecule has 0 bridgehead atoms. The lowest BCUT2D eigenvalue weighted by Crippen LogP contribution is -2.03. The summed E-state index contributed by atoms with van der Waals surface area (Å²) in [6.07, 6.45) is 0.480. The second-order valence-corrected chi connectivity index (χ2v) is 5.64. The first kappa shape index (κ1) is 12.1. The second kappa shape index (κ2) is 4.98. The number of carbonyl (C=O) groups is 1. The van der Waals surface area contributed by atoms with Crippen LogP contribution in [0.3, 0.4) is 0 Å². The number of rotatable bonds is 3. The van der Waals surface area contributed by atoms with Gasteiger partial charge in [0, 0.05) is 16.7 Å². The van der Waals surface area contributed by atoms with Gasteiger partial charge in [-0.05, 0) is 35.4 Å². The molecule has 0 N–H and O–H groups in total. The maximum Gasteiger partial charge on any atom is 0.167 e. The highest BCUT2D eigenvalue weighted by atomic mass is 32.1. The summed E-state index contributed by atoms with van der Waals surface area (Å²) in [4.78, 5) is 12.3. The molecule has 0 atom stereocenters. The lowest BCUT2D eigenvalue weighted by Gasteiger charge is -2.02. The quantitative estimate of drug-likeness (QED) is 0.631. The van der Waals surface area contributed by atoms with Gasteiger partial charge in [-0.2, -0.15) is 0 Å². The number of ketones is 1. The van der Waals surface area contributed by atoms with Gasteiger partial charge in [-0.25, -0.2) is 0 Å². The second-order valence-electron chi connectivity index (χ2n) is 4.73. The van der Waals surface area contributed by atoms with Crippen LogP contribution in [-0.4, -0.2) is 5.78 Å². The van der Waals surface area contributed by atoms with E-state index in [2.05, 4.69) is 17.5 Å². The van der Waals surface area contributed by atoms with Crippen LogP contribution in [0.4, 0.5) is 0 Å². The molecule has 1 aromatic heterocycles. The van der Waals surface area contributed by atoms with Crippen LogP contribution in [0.1, 0.15) is 21.5 Å². The number of hydrogen-bond acceptors (Lipinski definition) is 2. The van der Waals surface area contributed by atoms with Gasteiger partial charge < -0.3 is 0 Å². The van der Waals surface area contributed by atoms with E-state index in [1.807, 2.05) is 43.3 Å². The molecule has 94 valence electrons. The minimum atomic E-state index is 0.187. The largest absolute Gasteiger partial charge is 0.294 e. The summed E-state index contributed by atoms with van der Waals surface area (Å²) in [5.41, 5.74) is 3.06. The van der Waals surface area contributed by atoms with E-state index >= 15 is 0 Å². The molecule has 3 rings (SSSR count). The topological polar surface area (TPSA) is 17.1 Å². The molecule has 1 nitrogen and oxygen atoms in total. The summed E-state index contributed by atoms with van der Waals surface area (Å²) in [6, 6.07) is 16.0. The summed E-state index contributed by atoms with van der Waals surface area (Å²) in [7, 11) is 0. The number of thiophene rings is 1. The van der Waals surface area contributed by atoms with E-state index in [-0.39, 0.29) is 5.78 Å². The molecule has 3 aromatic rings. The van der Waals surface area contributed by atoms with E-state index in [9.17, 15) is 4.79 Å². The summed E-state index contributed by atoms with van der Waals surface area (Å²) in [6.45, 7) is 2.01. The van der Waals surface area contributed by atoms with Gasteiger partial charge in [-0.3, -0.25) is 4.79 Å².